The highest BCUT2D eigenvalue weighted by Gasteiger charge is 1.99. The number of aromatic nitrogens is 4. The van der Waals surface area contributed by atoms with Gasteiger partial charge in [0.1, 0.15) is 10.3 Å². The molecule has 0 aliphatic carbocycles. The van der Waals surface area contributed by atoms with Gasteiger partial charge in [0.15, 0.2) is 5.15 Å². The normalized spacial score (nSPS) is 9.65. The van der Waals surface area contributed by atoms with Crippen molar-refractivity contribution in [1.29, 1.82) is 0 Å². The van der Waals surface area contributed by atoms with Crippen molar-refractivity contribution in [2.24, 2.45) is 0 Å². The van der Waals surface area contributed by atoms with E-state index in [0.29, 0.717) is 21.3 Å². The maximum Gasteiger partial charge on any atom is 0.233 e. The van der Waals surface area contributed by atoms with Crippen LogP contribution in [-0.2, 0) is 0 Å². The van der Waals surface area contributed by atoms with Gasteiger partial charge in [0, 0.05) is 6.10 Å². The number of aliphatic hydroxyl groups excluding tert-OH is 1. The minimum absolute atomic E-state index is 0.0998. The first-order valence-electron chi connectivity index (χ1n) is 6.66. The van der Waals surface area contributed by atoms with E-state index >= 15 is 0 Å². The lowest BCUT2D eigenvalue weighted by molar-refractivity contribution is 0.216. The van der Waals surface area contributed by atoms with Crippen LogP contribution in [0.3, 0.4) is 0 Å². The number of hydrogen-bond donors (Lipinski definition) is 1. The summed E-state index contributed by atoms with van der Waals surface area (Å²) in [5, 5.41) is 9.04. The second-order valence-electron chi connectivity index (χ2n) is 4.60. The van der Waals surface area contributed by atoms with Gasteiger partial charge in [-0.15, -0.1) is 0 Å². The maximum absolute atomic E-state index is 8.06. The third kappa shape index (κ3) is 14.1. The Morgan fingerprint density at radius 3 is 1.52 bits per heavy atom. The van der Waals surface area contributed by atoms with Crippen LogP contribution in [0.4, 0.5) is 0 Å². The van der Waals surface area contributed by atoms with Crippen LogP contribution in [-0.4, -0.2) is 37.3 Å². The number of ether oxygens (including phenoxy) is 1. The quantitative estimate of drug-likeness (QED) is 0.844. The highest BCUT2D eigenvalue weighted by molar-refractivity contribution is 6.32. The molecule has 0 atom stereocenters. The molecule has 2 aromatic heterocycles. The number of halogens is 3. The molecule has 6 nitrogen and oxygen atoms in total. The van der Waals surface area contributed by atoms with Gasteiger partial charge in [-0.1, -0.05) is 34.8 Å². The Labute approximate surface area is 150 Å². The van der Waals surface area contributed by atoms with E-state index in [1.165, 1.54) is 24.8 Å². The number of rotatable bonds is 2. The minimum atomic E-state index is -0.167. The molecule has 0 aliphatic rings. The fraction of sp³-hybridized carbons (Fsp3) is 0.429. The lowest BCUT2D eigenvalue weighted by Crippen LogP contribution is -2.06. The molecule has 1 N–H and O–H groups in total. The standard InChI is InChI=1S/C7H9ClN2O.C4H2Cl2N2.C3H8O/c1-5(2)11-7-4-9-3-6(8)10-7;5-3-1-7-2-4(6)8-3;1-3(2)4/h3-5H,1-2H3;1-2H;3-4H,1-2H3. The molecule has 0 aliphatic heterocycles. The van der Waals surface area contributed by atoms with Gasteiger partial charge in [-0.05, 0) is 27.7 Å². The van der Waals surface area contributed by atoms with Crippen LogP contribution in [0.2, 0.25) is 15.5 Å². The van der Waals surface area contributed by atoms with E-state index in [0.717, 1.165) is 0 Å². The highest BCUT2D eigenvalue weighted by Crippen LogP contribution is 2.10. The van der Waals surface area contributed by atoms with Gasteiger partial charge in [-0.2, -0.15) is 4.98 Å². The first kappa shape index (κ1) is 21.8. The van der Waals surface area contributed by atoms with E-state index in [1.807, 2.05) is 13.8 Å². The molecule has 0 bridgehead atoms. The van der Waals surface area contributed by atoms with Gasteiger partial charge in [-0.25, -0.2) is 4.98 Å². The van der Waals surface area contributed by atoms with Crippen molar-refractivity contribution in [1.82, 2.24) is 19.9 Å². The Morgan fingerprint density at radius 1 is 0.826 bits per heavy atom. The first-order valence-corrected chi connectivity index (χ1v) is 7.79. The van der Waals surface area contributed by atoms with Crippen molar-refractivity contribution in [3.05, 3.63) is 40.2 Å². The summed E-state index contributed by atoms with van der Waals surface area (Å²) < 4.78 is 5.24. The molecule has 2 aromatic rings. The monoisotopic (exact) mass is 380 g/mol. The first-order chi connectivity index (χ1) is 10.7. The summed E-state index contributed by atoms with van der Waals surface area (Å²) >= 11 is 16.3. The van der Waals surface area contributed by atoms with Crippen LogP contribution in [0.15, 0.2) is 24.8 Å². The highest BCUT2D eigenvalue weighted by atomic mass is 35.5. The van der Waals surface area contributed by atoms with Gasteiger partial charge in [0.05, 0.1) is 30.9 Å². The summed E-state index contributed by atoms with van der Waals surface area (Å²) in [4.78, 5) is 15.0. The summed E-state index contributed by atoms with van der Waals surface area (Å²) in [6, 6.07) is 0. The molecule has 23 heavy (non-hydrogen) atoms. The zero-order valence-corrected chi connectivity index (χ0v) is 15.5. The summed E-state index contributed by atoms with van der Waals surface area (Å²) in [6.45, 7) is 7.28. The Balaban J connectivity index is 0.000000354. The lowest BCUT2D eigenvalue weighted by atomic mass is 10.5. The van der Waals surface area contributed by atoms with Gasteiger partial charge in [0.2, 0.25) is 5.88 Å². The van der Waals surface area contributed by atoms with E-state index in [9.17, 15) is 0 Å². The average molecular weight is 382 g/mol. The smallest absolute Gasteiger partial charge is 0.233 e. The summed E-state index contributed by atoms with van der Waals surface area (Å²) in [5.41, 5.74) is 0. The van der Waals surface area contributed by atoms with Gasteiger partial charge in [-0.3, -0.25) is 9.97 Å². The SMILES string of the molecule is CC(C)O.CC(C)Oc1cncc(Cl)n1.Clc1cncc(Cl)n1. The van der Waals surface area contributed by atoms with E-state index in [1.54, 1.807) is 13.8 Å². The maximum atomic E-state index is 8.06. The van der Waals surface area contributed by atoms with Crippen molar-refractivity contribution in [2.75, 3.05) is 0 Å². The summed E-state index contributed by atoms with van der Waals surface area (Å²) in [5.74, 6) is 0.465. The third-order valence-electron chi connectivity index (χ3n) is 1.52. The van der Waals surface area contributed by atoms with Gasteiger partial charge in [0.25, 0.3) is 0 Å². The zero-order valence-electron chi connectivity index (χ0n) is 13.2. The molecule has 2 heterocycles. The van der Waals surface area contributed by atoms with Crippen molar-refractivity contribution in [3.8, 4) is 5.88 Å². The van der Waals surface area contributed by atoms with Crippen molar-refractivity contribution in [2.45, 2.75) is 39.9 Å². The van der Waals surface area contributed by atoms with Crippen LogP contribution >= 0.6 is 34.8 Å². The lowest BCUT2D eigenvalue weighted by Gasteiger charge is -2.06. The second-order valence-corrected chi connectivity index (χ2v) is 5.77. The fourth-order valence-electron chi connectivity index (χ4n) is 0.944. The molecule has 0 radical (unpaired) electrons. The van der Waals surface area contributed by atoms with E-state index in [2.05, 4.69) is 19.9 Å². The molecule has 2 rings (SSSR count). The molecule has 0 spiro atoms. The molecular weight excluding hydrogens is 363 g/mol. The van der Waals surface area contributed by atoms with E-state index in [4.69, 9.17) is 44.6 Å². The third-order valence-corrected chi connectivity index (χ3v) is 2.06. The minimum Gasteiger partial charge on any atom is -0.474 e. The largest absolute Gasteiger partial charge is 0.474 e. The van der Waals surface area contributed by atoms with Crippen LogP contribution in [0.25, 0.3) is 0 Å². The summed E-state index contributed by atoms with van der Waals surface area (Å²) in [7, 11) is 0. The second kappa shape index (κ2) is 12.2. The number of hydrogen-bond acceptors (Lipinski definition) is 6. The Hall–Kier alpha value is -1.21. The van der Waals surface area contributed by atoms with Crippen LogP contribution in [0.5, 0.6) is 5.88 Å². The molecule has 0 amide bonds. The zero-order chi connectivity index (χ0) is 17.8. The van der Waals surface area contributed by atoms with Crippen LogP contribution in [0, 0.1) is 0 Å². The Morgan fingerprint density at radius 2 is 1.22 bits per heavy atom. The molecule has 0 unspecified atom stereocenters. The molecule has 0 aromatic carbocycles. The van der Waals surface area contributed by atoms with Crippen LogP contribution < -0.4 is 4.74 Å². The van der Waals surface area contributed by atoms with E-state index < -0.39 is 0 Å². The molecule has 9 heteroatoms. The Bertz CT molecular complexity index is 551. The molecule has 0 saturated heterocycles. The van der Waals surface area contributed by atoms with Crippen molar-refractivity contribution < 1.29 is 9.84 Å². The Kier molecular flexibility index (Phi) is 11.6. The molecule has 0 fully saturated rings. The molecule has 0 saturated carbocycles. The number of nitrogens with zero attached hydrogens (tertiary/aromatic N) is 4. The van der Waals surface area contributed by atoms with Crippen molar-refractivity contribution in [3.63, 3.8) is 0 Å². The average Bonchev–Trinajstić information content (AvgIpc) is 2.37. The molecular formula is C14H19Cl3N4O2. The topological polar surface area (TPSA) is 81.0 Å². The van der Waals surface area contributed by atoms with Crippen molar-refractivity contribution >= 4 is 34.8 Å². The van der Waals surface area contributed by atoms with E-state index in [-0.39, 0.29) is 12.2 Å². The number of aliphatic hydroxyl groups is 1. The predicted octanol–water partition coefficient (Wildman–Crippen LogP) is 4.09. The van der Waals surface area contributed by atoms with Gasteiger partial charge >= 0.3 is 0 Å². The predicted molar refractivity (Wildman–Crippen MR) is 92.2 cm³/mol. The fourth-order valence-corrected chi connectivity index (χ4v) is 1.42. The van der Waals surface area contributed by atoms with Crippen LogP contribution in [0.1, 0.15) is 27.7 Å². The summed E-state index contributed by atoms with van der Waals surface area (Å²) in [6.07, 6.45) is 5.78. The molecule has 128 valence electrons. The van der Waals surface area contributed by atoms with Gasteiger partial charge < -0.3 is 9.84 Å².